The molecule has 1 fully saturated rings. The number of carbonyl (C=O) groups excluding carboxylic acids is 1. The quantitative estimate of drug-likeness (QED) is 0.738. The molecule has 2 N–H and O–H groups in total. The monoisotopic (exact) mass is 342 g/mol. The van der Waals surface area contributed by atoms with Gasteiger partial charge >= 0.3 is 5.97 Å². The number of piperazine rings is 1. The molecule has 6 nitrogen and oxygen atoms in total. The van der Waals surface area contributed by atoms with Gasteiger partial charge in [0.15, 0.2) is 0 Å². The molecular formula is C19H22N2O4. The van der Waals surface area contributed by atoms with Crippen molar-refractivity contribution in [2.45, 2.75) is 0 Å². The Bertz CT molecular complexity index is 744. The first-order chi connectivity index (χ1) is 12.0. The van der Waals surface area contributed by atoms with Crippen molar-refractivity contribution in [3.63, 3.8) is 0 Å². The van der Waals surface area contributed by atoms with E-state index >= 15 is 0 Å². The number of carboxylic acids is 2. The van der Waals surface area contributed by atoms with E-state index in [-0.39, 0.29) is 0 Å². The molecule has 0 spiro atoms. The van der Waals surface area contributed by atoms with Crippen LogP contribution in [0.2, 0.25) is 0 Å². The van der Waals surface area contributed by atoms with Crippen LogP contribution in [0, 0.1) is 0 Å². The fourth-order valence-corrected chi connectivity index (χ4v) is 2.75. The second-order valence-corrected chi connectivity index (χ2v) is 5.93. The maximum atomic E-state index is 9.53. The highest BCUT2D eigenvalue weighted by Gasteiger charge is 2.18. The fraction of sp³-hybridized carbons (Fsp3) is 0.263. The largest absolute Gasteiger partial charge is 0.545 e. The van der Waals surface area contributed by atoms with E-state index < -0.39 is 11.9 Å². The molecule has 2 aromatic rings. The first-order valence-electron chi connectivity index (χ1n) is 8.13. The molecule has 0 saturated carbocycles. The summed E-state index contributed by atoms with van der Waals surface area (Å²) in [5, 5.41) is 20.0. The summed E-state index contributed by atoms with van der Waals surface area (Å²) in [6.45, 7) is 4.81. The van der Waals surface area contributed by atoms with Crippen molar-refractivity contribution < 1.29 is 24.7 Å². The van der Waals surface area contributed by atoms with Crippen LogP contribution in [0.3, 0.4) is 0 Å². The molecule has 3 rings (SSSR count). The zero-order valence-electron chi connectivity index (χ0n) is 14.1. The van der Waals surface area contributed by atoms with Crippen molar-refractivity contribution in [2.75, 3.05) is 38.1 Å². The smallest absolute Gasteiger partial charge is 0.328 e. The zero-order valence-corrected chi connectivity index (χ0v) is 14.1. The van der Waals surface area contributed by atoms with Gasteiger partial charge < -0.3 is 24.8 Å². The number of aliphatic carboxylic acids is 2. The van der Waals surface area contributed by atoms with Crippen LogP contribution in [0.4, 0.5) is 5.69 Å². The molecule has 6 heteroatoms. The number of hydrogen-bond donors (Lipinski definition) is 2. The Kier molecular flexibility index (Phi) is 6.54. The molecule has 1 aliphatic rings. The number of nitrogens with zero attached hydrogens (tertiary/aromatic N) is 1. The third kappa shape index (κ3) is 5.61. The Morgan fingerprint density at radius 3 is 2.32 bits per heavy atom. The Labute approximate surface area is 146 Å². The molecule has 1 heterocycles. The average molecular weight is 342 g/mol. The number of likely N-dealkylation sites (N-methyl/N-ethyl adjacent to an activating group) is 1. The highest BCUT2D eigenvalue weighted by atomic mass is 16.4. The van der Waals surface area contributed by atoms with E-state index in [1.807, 2.05) is 0 Å². The average Bonchev–Trinajstić information content (AvgIpc) is 2.61. The molecule has 0 atom stereocenters. The van der Waals surface area contributed by atoms with Gasteiger partial charge in [-0.25, -0.2) is 4.79 Å². The van der Waals surface area contributed by atoms with Gasteiger partial charge in [0, 0.05) is 17.1 Å². The summed E-state index contributed by atoms with van der Waals surface area (Å²) in [6, 6.07) is 15.3. The van der Waals surface area contributed by atoms with Crippen LogP contribution in [0.1, 0.15) is 0 Å². The SMILES string of the molecule is C[NH+]1CCN(c2cccc3ccccc23)CC1.O=C([O-])/C=C\C(=O)O. The zero-order chi connectivity index (χ0) is 18.2. The summed E-state index contributed by atoms with van der Waals surface area (Å²) in [7, 11) is 2.28. The van der Waals surface area contributed by atoms with Crippen LogP contribution in [0.25, 0.3) is 10.8 Å². The van der Waals surface area contributed by atoms with E-state index in [0.717, 1.165) is 0 Å². The van der Waals surface area contributed by atoms with Gasteiger partial charge in [0.05, 0.1) is 39.2 Å². The molecule has 132 valence electrons. The molecule has 2 aromatic carbocycles. The van der Waals surface area contributed by atoms with Gasteiger partial charge in [-0.15, -0.1) is 0 Å². The lowest BCUT2D eigenvalue weighted by molar-refractivity contribution is -0.880. The van der Waals surface area contributed by atoms with Crippen LogP contribution in [-0.2, 0) is 9.59 Å². The summed E-state index contributed by atoms with van der Waals surface area (Å²) >= 11 is 0. The molecule has 1 saturated heterocycles. The van der Waals surface area contributed by atoms with Gasteiger partial charge in [-0.2, -0.15) is 0 Å². The van der Waals surface area contributed by atoms with Crippen LogP contribution in [0.5, 0.6) is 0 Å². The molecule has 0 aromatic heterocycles. The Hall–Kier alpha value is -2.86. The third-order valence-electron chi connectivity index (χ3n) is 4.09. The number of rotatable bonds is 3. The normalized spacial score (nSPS) is 15.0. The lowest BCUT2D eigenvalue weighted by Crippen LogP contribution is -3.12. The van der Waals surface area contributed by atoms with Gasteiger partial charge in [-0.3, -0.25) is 0 Å². The van der Waals surface area contributed by atoms with Crippen molar-refractivity contribution in [1.82, 2.24) is 0 Å². The van der Waals surface area contributed by atoms with Crippen LogP contribution in [0.15, 0.2) is 54.6 Å². The van der Waals surface area contributed by atoms with Crippen LogP contribution in [-0.4, -0.2) is 50.3 Å². The van der Waals surface area contributed by atoms with Gasteiger partial charge in [-0.1, -0.05) is 36.4 Å². The molecule has 0 unspecified atom stereocenters. The first kappa shape index (κ1) is 18.5. The van der Waals surface area contributed by atoms with E-state index in [9.17, 15) is 14.7 Å². The summed E-state index contributed by atoms with van der Waals surface area (Å²) < 4.78 is 0. The molecule has 25 heavy (non-hydrogen) atoms. The highest BCUT2D eigenvalue weighted by Crippen LogP contribution is 2.26. The maximum Gasteiger partial charge on any atom is 0.328 e. The van der Waals surface area contributed by atoms with E-state index in [2.05, 4.69) is 54.4 Å². The summed E-state index contributed by atoms with van der Waals surface area (Å²) in [5.41, 5.74) is 1.40. The first-order valence-corrected chi connectivity index (χ1v) is 8.13. The second kappa shape index (κ2) is 8.84. The third-order valence-corrected chi connectivity index (χ3v) is 4.09. The number of quaternary nitrogens is 1. The fourth-order valence-electron chi connectivity index (χ4n) is 2.75. The minimum absolute atomic E-state index is 0.447. The molecule has 0 aliphatic carbocycles. The number of carboxylic acid groups (broad SMARTS) is 2. The standard InChI is InChI=1S/C15H18N2.C4H4O4/c1-16-9-11-17(12-10-16)15-8-4-6-13-5-2-3-7-14(13)15;5-3(6)1-2-4(7)8/h2-8H,9-12H2,1H3;1-2H,(H,5,6)(H,7,8)/b;2-1-. The Morgan fingerprint density at radius 2 is 1.72 bits per heavy atom. The summed E-state index contributed by atoms with van der Waals surface area (Å²) in [5.74, 6) is -2.80. The molecular weight excluding hydrogens is 320 g/mol. The van der Waals surface area contributed by atoms with Crippen molar-refractivity contribution in [2.24, 2.45) is 0 Å². The van der Waals surface area contributed by atoms with Crippen molar-refractivity contribution >= 4 is 28.4 Å². The van der Waals surface area contributed by atoms with Gasteiger partial charge in [0.25, 0.3) is 0 Å². The number of anilines is 1. The summed E-state index contributed by atoms with van der Waals surface area (Å²) in [6.07, 6.45) is 0.942. The molecule has 1 aliphatic heterocycles. The lowest BCUT2D eigenvalue weighted by atomic mass is 10.1. The van der Waals surface area contributed by atoms with E-state index in [4.69, 9.17) is 5.11 Å². The van der Waals surface area contributed by atoms with Gasteiger partial charge in [0.2, 0.25) is 0 Å². The summed E-state index contributed by atoms with van der Waals surface area (Å²) in [4.78, 5) is 23.1. The molecule has 0 radical (unpaired) electrons. The van der Waals surface area contributed by atoms with E-state index in [0.29, 0.717) is 12.2 Å². The highest BCUT2D eigenvalue weighted by molar-refractivity contribution is 5.94. The molecule has 0 amide bonds. The number of carbonyl (C=O) groups is 2. The second-order valence-electron chi connectivity index (χ2n) is 5.93. The number of fused-ring (bicyclic) bond motifs is 1. The Morgan fingerprint density at radius 1 is 1.08 bits per heavy atom. The predicted molar refractivity (Wildman–Crippen MR) is 94.6 cm³/mol. The lowest BCUT2D eigenvalue weighted by Gasteiger charge is -2.32. The predicted octanol–water partition coefficient (Wildman–Crippen LogP) is -0.448. The topological polar surface area (TPSA) is 85.1 Å². The maximum absolute atomic E-state index is 9.53. The van der Waals surface area contributed by atoms with Crippen molar-refractivity contribution in [1.29, 1.82) is 0 Å². The minimum Gasteiger partial charge on any atom is -0.545 e. The van der Waals surface area contributed by atoms with E-state index in [1.54, 1.807) is 4.90 Å². The van der Waals surface area contributed by atoms with Crippen molar-refractivity contribution in [3.8, 4) is 0 Å². The Balaban J connectivity index is 0.000000242. The van der Waals surface area contributed by atoms with Gasteiger partial charge in [-0.05, 0) is 17.5 Å². The number of nitrogens with one attached hydrogen (secondary N) is 1. The van der Waals surface area contributed by atoms with Gasteiger partial charge in [0.1, 0.15) is 0 Å². The van der Waals surface area contributed by atoms with Crippen molar-refractivity contribution in [3.05, 3.63) is 54.6 Å². The number of benzene rings is 2. The van der Waals surface area contributed by atoms with Crippen LogP contribution >= 0.6 is 0 Å². The van der Waals surface area contributed by atoms with Crippen LogP contribution < -0.4 is 14.9 Å². The van der Waals surface area contributed by atoms with E-state index in [1.165, 1.54) is 42.6 Å². The molecule has 0 bridgehead atoms. The number of hydrogen-bond acceptors (Lipinski definition) is 4. The minimum atomic E-state index is -1.51.